The van der Waals surface area contributed by atoms with E-state index >= 15 is 0 Å². The van der Waals surface area contributed by atoms with E-state index in [1.54, 1.807) is 12.1 Å². The fraction of sp³-hybridized carbons (Fsp3) is 0.625. The second-order valence-corrected chi connectivity index (χ2v) is 6.01. The van der Waals surface area contributed by atoms with Gasteiger partial charge in [-0.3, -0.25) is 0 Å². The van der Waals surface area contributed by atoms with Crippen molar-refractivity contribution >= 4 is 0 Å². The van der Waals surface area contributed by atoms with Crippen LogP contribution in [-0.4, -0.2) is 6.04 Å². The number of hydrogen-bond acceptors (Lipinski definition) is 1. The van der Waals surface area contributed by atoms with Gasteiger partial charge in [0.25, 0.3) is 0 Å². The topological polar surface area (TPSA) is 12.0 Å². The molecule has 3 rings (SSSR count). The van der Waals surface area contributed by atoms with Crippen molar-refractivity contribution in [2.45, 2.75) is 51.1 Å². The summed E-state index contributed by atoms with van der Waals surface area (Å²) in [6, 6.07) is 8.08. The second-order valence-electron chi connectivity index (χ2n) is 6.01. The molecule has 1 N–H and O–H groups in total. The fourth-order valence-corrected chi connectivity index (χ4v) is 2.96. The van der Waals surface area contributed by atoms with Crippen LogP contribution in [-0.2, 0) is 0 Å². The van der Waals surface area contributed by atoms with Crippen molar-refractivity contribution in [3.63, 3.8) is 0 Å². The minimum Gasteiger partial charge on any atom is -0.307 e. The lowest BCUT2D eigenvalue weighted by Gasteiger charge is -2.35. The van der Waals surface area contributed by atoms with E-state index < -0.39 is 0 Å². The molecule has 0 bridgehead atoms. The van der Waals surface area contributed by atoms with E-state index in [2.05, 4.69) is 12.2 Å². The standard InChI is InChI=1S/C16H22FN/c1-11(12-3-2-4-12)18-16(13-5-6-13)14-7-9-15(17)10-8-14/h7-13,16,18H,2-6H2,1H3. The summed E-state index contributed by atoms with van der Waals surface area (Å²) in [5.74, 6) is 1.48. The van der Waals surface area contributed by atoms with Crippen LogP contribution in [0.15, 0.2) is 24.3 Å². The minimum atomic E-state index is -0.139. The molecule has 2 heteroatoms. The smallest absolute Gasteiger partial charge is 0.123 e. The van der Waals surface area contributed by atoms with Gasteiger partial charge in [0.1, 0.15) is 5.82 Å². The Bertz CT molecular complexity index is 392. The molecule has 0 amide bonds. The molecule has 0 aliphatic heterocycles. The average Bonchev–Trinajstić information content (AvgIpc) is 3.08. The van der Waals surface area contributed by atoms with E-state index in [0.717, 1.165) is 11.8 Å². The molecule has 0 aromatic heterocycles. The summed E-state index contributed by atoms with van der Waals surface area (Å²) in [6.45, 7) is 2.31. The molecule has 2 atom stereocenters. The first-order valence-electron chi connectivity index (χ1n) is 7.25. The summed E-state index contributed by atoms with van der Waals surface area (Å²) in [5.41, 5.74) is 1.25. The van der Waals surface area contributed by atoms with Crippen molar-refractivity contribution in [2.75, 3.05) is 0 Å². The van der Waals surface area contributed by atoms with Crippen molar-refractivity contribution in [1.82, 2.24) is 5.32 Å². The highest BCUT2D eigenvalue weighted by Gasteiger charge is 2.35. The van der Waals surface area contributed by atoms with Crippen LogP contribution in [0.5, 0.6) is 0 Å². The monoisotopic (exact) mass is 247 g/mol. The van der Waals surface area contributed by atoms with E-state index in [-0.39, 0.29) is 5.82 Å². The van der Waals surface area contributed by atoms with Gasteiger partial charge in [0.05, 0.1) is 0 Å². The van der Waals surface area contributed by atoms with Crippen LogP contribution in [0.4, 0.5) is 4.39 Å². The molecule has 2 saturated carbocycles. The van der Waals surface area contributed by atoms with Crippen LogP contribution in [0.1, 0.15) is 50.6 Å². The highest BCUT2D eigenvalue weighted by molar-refractivity contribution is 5.22. The molecule has 2 aliphatic carbocycles. The van der Waals surface area contributed by atoms with Gasteiger partial charge in [0.15, 0.2) is 0 Å². The molecule has 98 valence electrons. The van der Waals surface area contributed by atoms with Crippen LogP contribution < -0.4 is 5.32 Å². The third kappa shape index (κ3) is 2.59. The van der Waals surface area contributed by atoms with E-state index in [1.165, 1.54) is 37.7 Å². The second kappa shape index (κ2) is 5.00. The molecular formula is C16H22FN. The maximum absolute atomic E-state index is 13.0. The quantitative estimate of drug-likeness (QED) is 0.827. The molecule has 2 fully saturated rings. The lowest BCUT2D eigenvalue weighted by Crippen LogP contribution is -2.40. The highest BCUT2D eigenvalue weighted by atomic mass is 19.1. The first-order chi connectivity index (χ1) is 8.74. The van der Waals surface area contributed by atoms with Gasteiger partial charge in [-0.05, 0) is 62.1 Å². The van der Waals surface area contributed by atoms with Gasteiger partial charge in [-0.15, -0.1) is 0 Å². The molecule has 2 aliphatic rings. The van der Waals surface area contributed by atoms with Gasteiger partial charge < -0.3 is 5.32 Å². The van der Waals surface area contributed by atoms with E-state index in [0.29, 0.717) is 12.1 Å². The SMILES string of the molecule is CC(NC(c1ccc(F)cc1)C1CC1)C1CCC1. The van der Waals surface area contributed by atoms with Crippen LogP contribution in [0.3, 0.4) is 0 Å². The number of hydrogen-bond donors (Lipinski definition) is 1. The third-order valence-electron chi connectivity index (χ3n) is 4.62. The molecule has 2 unspecified atom stereocenters. The van der Waals surface area contributed by atoms with Crippen molar-refractivity contribution in [3.8, 4) is 0 Å². The van der Waals surface area contributed by atoms with Crippen LogP contribution in [0.2, 0.25) is 0 Å². The van der Waals surface area contributed by atoms with Crippen molar-refractivity contribution in [1.29, 1.82) is 0 Å². The molecule has 1 aromatic carbocycles. The summed E-state index contributed by atoms with van der Waals surface area (Å²) in [4.78, 5) is 0. The Balaban J connectivity index is 1.69. The first kappa shape index (κ1) is 12.2. The van der Waals surface area contributed by atoms with Gasteiger partial charge in [0, 0.05) is 12.1 Å². The van der Waals surface area contributed by atoms with Crippen molar-refractivity contribution in [3.05, 3.63) is 35.6 Å². The predicted octanol–water partition coefficient (Wildman–Crippen LogP) is 4.06. The summed E-state index contributed by atoms with van der Waals surface area (Å²) < 4.78 is 13.0. The maximum Gasteiger partial charge on any atom is 0.123 e. The molecular weight excluding hydrogens is 225 g/mol. The maximum atomic E-state index is 13.0. The molecule has 1 nitrogen and oxygen atoms in total. The largest absolute Gasteiger partial charge is 0.307 e. The average molecular weight is 247 g/mol. The Morgan fingerprint density at radius 2 is 1.72 bits per heavy atom. The normalized spacial score (nSPS) is 23.4. The zero-order valence-electron chi connectivity index (χ0n) is 11.0. The zero-order chi connectivity index (χ0) is 12.5. The summed E-state index contributed by atoms with van der Waals surface area (Å²) in [7, 11) is 0. The Morgan fingerprint density at radius 1 is 1.06 bits per heavy atom. The van der Waals surface area contributed by atoms with Crippen LogP contribution >= 0.6 is 0 Å². The predicted molar refractivity (Wildman–Crippen MR) is 71.8 cm³/mol. The molecule has 0 heterocycles. The Morgan fingerprint density at radius 3 is 2.22 bits per heavy atom. The van der Waals surface area contributed by atoms with Crippen molar-refractivity contribution < 1.29 is 4.39 Å². The third-order valence-corrected chi connectivity index (χ3v) is 4.62. The van der Waals surface area contributed by atoms with E-state index in [4.69, 9.17) is 0 Å². The highest BCUT2D eigenvalue weighted by Crippen LogP contribution is 2.42. The van der Waals surface area contributed by atoms with E-state index in [9.17, 15) is 4.39 Å². The van der Waals surface area contributed by atoms with Crippen molar-refractivity contribution in [2.24, 2.45) is 11.8 Å². The van der Waals surface area contributed by atoms with Gasteiger partial charge in [-0.2, -0.15) is 0 Å². The number of halogens is 1. The summed E-state index contributed by atoms with van der Waals surface area (Å²) in [5, 5.41) is 3.79. The van der Waals surface area contributed by atoms with Gasteiger partial charge in [0.2, 0.25) is 0 Å². The number of rotatable bonds is 5. The van der Waals surface area contributed by atoms with Gasteiger partial charge in [-0.25, -0.2) is 4.39 Å². The zero-order valence-corrected chi connectivity index (χ0v) is 11.0. The fourth-order valence-electron chi connectivity index (χ4n) is 2.96. The van der Waals surface area contributed by atoms with Gasteiger partial charge >= 0.3 is 0 Å². The van der Waals surface area contributed by atoms with E-state index in [1.807, 2.05) is 12.1 Å². The Hall–Kier alpha value is -0.890. The molecule has 0 saturated heterocycles. The molecule has 0 radical (unpaired) electrons. The molecule has 1 aromatic rings. The Kier molecular flexibility index (Phi) is 3.38. The van der Waals surface area contributed by atoms with Gasteiger partial charge in [-0.1, -0.05) is 18.6 Å². The lowest BCUT2D eigenvalue weighted by molar-refractivity contribution is 0.221. The summed E-state index contributed by atoms with van der Waals surface area (Å²) >= 11 is 0. The Labute approximate surface area is 109 Å². The van der Waals surface area contributed by atoms with Crippen LogP contribution in [0, 0.1) is 17.7 Å². The number of benzene rings is 1. The number of nitrogens with one attached hydrogen (secondary N) is 1. The van der Waals surface area contributed by atoms with Crippen LogP contribution in [0.25, 0.3) is 0 Å². The molecule has 18 heavy (non-hydrogen) atoms. The minimum absolute atomic E-state index is 0.139. The lowest BCUT2D eigenvalue weighted by atomic mass is 9.80. The first-order valence-corrected chi connectivity index (χ1v) is 7.25. The summed E-state index contributed by atoms with van der Waals surface area (Å²) in [6.07, 6.45) is 6.75. The molecule has 0 spiro atoms.